The Morgan fingerprint density at radius 3 is 2.61 bits per heavy atom. The summed E-state index contributed by atoms with van der Waals surface area (Å²) in [7, 11) is 1.61. The van der Waals surface area contributed by atoms with E-state index in [1.54, 1.807) is 7.11 Å². The first-order chi connectivity index (χ1) is 8.52. The van der Waals surface area contributed by atoms with Crippen molar-refractivity contribution in [1.82, 2.24) is 0 Å². The molecule has 0 unspecified atom stereocenters. The Hall–Kier alpha value is -1.55. The number of hydrogen-bond acceptors (Lipinski definition) is 3. The Bertz CT molecular complexity index is 479. The van der Waals surface area contributed by atoms with E-state index in [0.29, 0.717) is 12.3 Å². The summed E-state index contributed by atoms with van der Waals surface area (Å²) in [6, 6.07) is 3.95. The van der Waals surface area contributed by atoms with E-state index < -0.39 is 0 Å². The van der Waals surface area contributed by atoms with Crippen LogP contribution in [-0.2, 0) is 4.79 Å². The largest absolute Gasteiger partial charge is 0.495 e. The smallest absolute Gasteiger partial charge is 0.231 e. The molecular weight excluding hydrogens is 228 g/mol. The van der Waals surface area contributed by atoms with E-state index in [-0.39, 0.29) is 11.3 Å². The molecule has 1 aliphatic rings. The molecule has 0 heterocycles. The van der Waals surface area contributed by atoms with Crippen molar-refractivity contribution in [2.24, 2.45) is 11.1 Å². The van der Waals surface area contributed by atoms with Crippen molar-refractivity contribution in [1.29, 1.82) is 0 Å². The normalized spacial score (nSPS) is 16.2. The predicted molar refractivity (Wildman–Crippen MR) is 71.8 cm³/mol. The minimum Gasteiger partial charge on any atom is -0.495 e. The van der Waals surface area contributed by atoms with Gasteiger partial charge >= 0.3 is 0 Å². The van der Waals surface area contributed by atoms with Gasteiger partial charge in [-0.15, -0.1) is 0 Å². The van der Waals surface area contributed by atoms with Crippen LogP contribution in [0, 0.1) is 19.3 Å². The Morgan fingerprint density at radius 2 is 2.11 bits per heavy atom. The number of anilines is 1. The number of ether oxygens (including phenoxy) is 1. The summed E-state index contributed by atoms with van der Waals surface area (Å²) < 4.78 is 5.33. The maximum atomic E-state index is 12.2. The summed E-state index contributed by atoms with van der Waals surface area (Å²) in [5.41, 5.74) is 8.20. The molecule has 0 saturated heterocycles. The van der Waals surface area contributed by atoms with Gasteiger partial charge in [0.25, 0.3) is 0 Å². The SMILES string of the molecule is COc1cc(C)cc(C)c1NC(=O)C1(CN)CC1. The number of nitrogens with one attached hydrogen (secondary N) is 1. The highest BCUT2D eigenvalue weighted by Gasteiger charge is 2.48. The summed E-state index contributed by atoms with van der Waals surface area (Å²) >= 11 is 0. The van der Waals surface area contributed by atoms with E-state index in [1.165, 1.54) is 0 Å². The molecule has 4 heteroatoms. The van der Waals surface area contributed by atoms with Crippen molar-refractivity contribution in [2.75, 3.05) is 19.0 Å². The van der Waals surface area contributed by atoms with Gasteiger partial charge in [-0.3, -0.25) is 4.79 Å². The lowest BCUT2D eigenvalue weighted by Gasteiger charge is -2.17. The molecule has 4 nitrogen and oxygen atoms in total. The molecule has 0 radical (unpaired) electrons. The maximum Gasteiger partial charge on any atom is 0.231 e. The second-order valence-corrected chi connectivity index (χ2v) is 5.10. The first kappa shape index (κ1) is 12.9. The lowest BCUT2D eigenvalue weighted by atomic mass is 10.1. The zero-order valence-electron chi connectivity index (χ0n) is 11.2. The van der Waals surface area contributed by atoms with Gasteiger partial charge in [-0.25, -0.2) is 0 Å². The molecule has 0 aromatic heterocycles. The van der Waals surface area contributed by atoms with Crippen molar-refractivity contribution < 1.29 is 9.53 Å². The van der Waals surface area contributed by atoms with E-state index in [0.717, 1.165) is 29.7 Å². The van der Waals surface area contributed by atoms with Crippen molar-refractivity contribution in [3.8, 4) is 5.75 Å². The third kappa shape index (κ3) is 2.20. The lowest BCUT2D eigenvalue weighted by molar-refractivity contribution is -0.120. The summed E-state index contributed by atoms with van der Waals surface area (Å²) in [5, 5.41) is 2.97. The zero-order chi connectivity index (χ0) is 13.3. The van der Waals surface area contributed by atoms with Crippen molar-refractivity contribution in [3.05, 3.63) is 23.3 Å². The molecule has 1 amide bonds. The highest BCUT2D eigenvalue weighted by Crippen LogP contribution is 2.46. The summed E-state index contributed by atoms with van der Waals surface area (Å²) in [6.07, 6.45) is 1.76. The summed E-state index contributed by atoms with van der Waals surface area (Å²) in [5.74, 6) is 0.712. The molecule has 1 fully saturated rings. The van der Waals surface area contributed by atoms with Gasteiger partial charge in [0.15, 0.2) is 0 Å². The molecular formula is C14H20N2O2. The van der Waals surface area contributed by atoms with Gasteiger partial charge in [0.2, 0.25) is 5.91 Å². The lowest BCUT2D eigenvalue weighted by Crippen LogP contribution is -2.31. The molecule has 0 atom stereocenters. The Morgan fingerprint density at radius 1 is 1.44 bits per heavy atom. The average Bonchev–Trinajstić information content (AvgIpc) is 3.13. The molecule has 1 aliphatic carbocycles. The van der Waals surface area contributed by atoms with Crippen LogP contribution in [0.4, 0.5) is 5.69 Å². The molecule has 1 aromatic rings. The fraction of sp³-hybridized carbons (Fsp3) is 0.500. The van der Waals surface area contributed by atoms with Crippen LogP contribution in [0.5, 0.6) is 5.75 Å². The molecule has 0 aliphatic heterocycles. The second kappa shape index (κ2) is 4.61. The third-order valence-electron chi connectivity index (χ3n) is 3.63. The highest BCUT2D eigenvalue weighted by molar-refractivity contribution is 5.99. The maximum absolute atomic E-state index is 12.2. The monoisotopic (exact) mass is 248 g/mol. The molecule has 0 spiro atoms. The molecule has 1 aromatic carbocycles. The van der Waals surface area contributed by atoms with E-state index >= 15 is 0 Å². The Labute approximate surface area is 108 Å². The van der Waals surface area contributed by atoms with Gasteiger partial charge in [0.05, 0.1) is 18.2 Å². The first-order valence-corrected chi connectivity index (χ1v) is 6.19. The average molecular weight is 248 g/mol. The van der Waals surface area contributed by atoms with Crippen LogP contribution < -0.4 is 15.8 Å². The van der Waals surface area contributed by atoms with Crippen LogP contribution in [-0.4, -0.2) is 19.6 Å². The van der Waals surface area contributed by atoms with Gasteiger partial charge in [0.1, 0.15) is 5.75 Å². The molecule has 18 heavy (non-hydrogen) atoms. The summed E-state index contributed by atoms with van der Waals surface area (Å²) in [6.45, 7) is 4.38. The van der Waals surface area contributed by atoms with Gasteiger partial charge in [-0.1, -0.05) is 6.07 Å². The molecule has 0 bridgehead atoms. The van der Waals surface area contributed by atoms with E-state index in [4.69, 9.17) is 10.5 Å². The van der Waals surface area contributed by atoms with E-state index in [9.17, 15) is 4.79 Å². The second-order valence-electron chi connectivity index (χ2n) is 5.10. The van der Waals surface area contributed by atoms with Crippen LogP contribution in [0.25, 0.3) is 0 Å². The minimum absolute atomic E-state index is 0.00949. The third-order valence-corrected chi connectivity index (χ3v) is 3.63. The van der Waals surface area contributed by atoms with Gasteiger partial charge in [-0.2, -0.15) is 0 Å². The zero-order valence-corrected chi connectivity index (χ0v) is 11.2. The molecule has 3 N–H and O–H groups in total. The minimum atomic E-state index is -0.345. The number of aryl methyl sites for hydroxylation is 2. The van der Waals surface area contributed by atoms with E-state index in [2.05, 4.69) is 5.32 Å². The quantitative estimate of drug-likeness (QED) is 0.856. The van der Waals surface area contributed by atoms with Crippen LogP contribution in [0.15, 0.2) is 12.1 Å². The Balaban J connectivity index is 2.26. The number of carbonyl (C=O) groups excluding carboxylic acids is 1. The number of amides is 1. The van der Waals surface area contributed by atoms with Gasteiger partial charge in [0, 0.05) is 6.54 Å². The number of methoxy groups -OCH3 is 1. The molecule has 1 saturated carbocycles. The number of benzene rings is 1. The van der Waals surface area contributed by atoms with Crippen LogP contribution in [0.3, 0.4) is 0 Å². The fourth-order valence-electron chi connectivity index (χ4n) is 2.17. The number of hydrogen-bond donors (Lipinski definition) is 2. The van der Waals surface area contributed by atoms with Gasteiger partial charge in [-0.05, 0) is 43.9 Å². The summed E-state index contributed by atoms with van der Waals surface area (Å²) in [4.78, 5) is 12.2. The van der Waals surface area contributed by atoms with Crippen LogP contribution >= 0.6 is 0 Å². The van der Waals surface area contributed by atoms with Gasteiger partial charge < -0.3 is 15.8 Å². The fourth-order valence-corrected chi connectivity index (χ4v) is 2.17. The van der Waals surface area contributed by atoms with Crippen molar-refractivity contribution >= 4 is 11.6 Å². The number of rotatable bonds is 4. The van der Waals surface area contributed by atoms with Crippen LogP contribution in [0.2, 0.25) is 0 Å². The predicted octanol–water partition coefficient (Wildman–Crippen LogP) is 1.99. The standard InChI is InChI=1S/C14H20N2O2/c1-9-6-10(2)12(11(7-9)18-3)16-13(17)14(8-15)4-5-14/h6-7H,4-5,8,15H2,1-3H3,(H,16,17). The number of carbonyl (C=O) groups is 1. The van der Waals surface area contributed by atoms with Crippen molar-refractivity contribution in [3.63, 3.8) is 0 Å². The van der Waals surface area contributed by atoms with Crippen LogP contribution in [0.1, 0.15) is 24.0 Å². The number of nitrogens with two attached hydrogens (primary N) is 1. The topological polar surface area (TPSA) is 64.3 Å². The Kier molecular flexibility index (Phi) is 3.30. The molecule has 98 valence electrons. The molecule has 2 rings (SSSR count). The highest BCUT2D eigenvalue weighted by atomic mass is 16.5. The first-order valence-electron chi connectivity index (χ1n) is 6.19. The van der Waals surface area contributed by atoms with E-state index in [1.807, 2.05) is 26.0 Å². The van der Waals surface area contributed by atoms with Crippen molar-refractivity contribution in [2.45, 2.75) is 26.7 Å².